The normalized spacial score (nSPS) is 21.7. The molecule has 0 N–H and O–H groups in total. The van der Waals surface area contributed by atoms with Crippen LogP contribution in [0.2, 0.25) is 0 Å². The summed E-state index contributed by atoms with van der Waals surface area (Å²) in [5.41, 5.74) is 3.60. The van der Waals surface area contributed by atoms with Gasteiger partial charge in [0.1, 0.15) is 5.75 Å². The highest BCUT2D eigenvalue weighted by Crippen LogP contribution is 2.34. The molecule has 226 valence electrons. The zero-order valence-electron chi connectivity index (χ0n) is 24.8. The van der Waals surface area contributed by atoms with Crippen LogP contribution in [0.5, 0.6) is 5.75 Å². The number of esters is 1. The van der Waals surface area contributed by atoms with E-state index >= 15 is 0 Å². The van der Waals surface area contributed by atoms with Crippen molar-refractivity contribution in [3.05, 3.63) is 50.9 Å². The van der Waals surface area contributed by atoms with Gasteiger partial charge in [0.15, 0.2) is 5.16 Å². The lowest BCUT2D eigenvalue weighted by atomic mass is 9.95. The Hall–Kier alpha value is -2.69. The Morgan fingerprint density at radius 3 is 2.64 bits per heavy atom. The lowest BCUT2D eigenvalue weighted by molar-refractivity contribution is -0.142. The van der Waals surface area contributed by atoms with E-state index < -0.39 is 0 Å². The van der Waals surface area contributed by atoms with E-state index in [1.165, 1.54) is 39.0 Å². The van der Waals surface area contributed by atoms with Gasteiger partial charge in [0.05, 0.1) is 36.4 Å². The first kappa shape index (κ1) is 29.4. The van der Waals surface area contributed by atoms with Crippen molar-refractivity contribution in [2.75, 3.05) is 26.2 Å². The number of rotatable bonds is 8. The maximum absolute atomic E-state index is 13.9. The second-order valence-electron chi connectivity index (χ2n) is 12.3. The van der Waals surface area contributed by atoms with Crippen LogP contribution in [0.25, 0.3) is 0 Å². The molecule has 3 aliphatic heterocycles. The minimum Gasteiger partial charge on any atom is -0.426 e. The summed E-state index contributed by atoms with van der Waals surface area (Å²) >= 11 is 1.78. The molecule has 6 rings (SSSR count). The molecule has 1 aromatic heterocycles. The first-order valence-corrected chi connectivity index (χ1v) is 16.4. The number of benzene rings is 1. The fraction of sp³-hybridized carbons (Fsp3) is 0.625. The number of likely N-dealkylation sites (tertiary alicyclic amines) is 1. The van der Waals surface area contributed by atoms with Gasteiger partial charge in [-0.25, -0.2) is 4.98 Å². The van der Waals surface area contributed by atoms with Gasteiger partial charge in [0.25, 0.3) is 5.56 Å². The van der Waals surface area contributed by atoms with E-state index in [0.29, 0.717) is 55.7 Å². The molecule has 10 heteroatoms. The minimum absolute atomic E-state index is 0.00844. The largest absolute Gasteiger partial charge is 0.426 e. The molecule has 0 unspecified atom stereocenters. The number of carbonyl (C=O) groups excluding carboxylic acids is 2. The zero-order valence-corrected chi connectivity index (χ0v) is 25.6. The number of aromatic nitrogens is 2. The van der Waals surface area contributed by atoms with Crippen molar-refractivity contribution in [3.8, 4) is 5.75 Å². The summed E-state index contributed by atoms with van der Waals surface area (Å²) < 4.78 is 13.0. The number of hydrogen-bond donors (Lipinski definition) is 0. The summed E-state index contributed by atoms with van der Waals surface area (Å²) in [6.45, 7) is 7.72. The molecule has 1 amide bonds. The van der Waals surface area contributed by atoms with E-state index in [1.54, 1.807) is 11.8 Å². The Morgan fingerprint density at radius 2 is 1.93 bits per heavy atom. The number of amides is 1. The first-order valence-electron chi connectivity index (χ1n) is 15.5. The second-order valence-corrected chi connectivity index (χ2v) is 13.6. The van der Waals surface area contributed by atoms with Gasteiger partial charge in [-0.2, -0.15) is 0 Å². The van der Waals surface area contributed by atoms with Gasteiger partial charge >= 0.3 is 5.97 Å². The van der Waals surface area contributed by atoms with Crippen LogP contribution in [0.15, 0.2) is 28.2 Å². The first-order chi connectivity index (χ1) is 20.3. The van der Waals surface area contributed by atoms with E-state index in [4.69, 9.17) is 14.5 Å². The molecule has 4 heterocycles. The highest BCUT2D eigenvalue weighted by Gasteiger charge is 2.37. The average Bonchev–Trinajstić information content (AvgIpc) is 3.47. The number of fused-ring (bicyclic) bond motifs is 1. The number of nitrogens with zero attached hydrogens (tertiary/aromatic N) is 4. The Balaban J connectivity index is 1.11. The van der Waals surface area contributed by atoms with Crippen molar-refractivity contribution in [2.24, 2.45) is 5.92 Å². The maximum Gasteiger partial charge on any atom is 0.308 e. The molecular formula is C32H42N4O5S. The monoisotopic (exact) mass is 594 g/mol. The summed E-state index contributed by atoms with van der Waals surface area (Å²) in [7, 11) is 0. The van der Waals surface area contributed by atoms with Crippen LogP contribution < -0.4 is 10.3 Å². The van der Waals surface area contributed by atoms with Gasteiger partial charge in [0.2, 0.25) is 5.91 Å². The Kier molecular flexibility index (Phi) is 9.02. The van der Waals surface area contributed by atoms with Crippen molar-refractivity contribution in [1.82, 2.24) is 19.4 Å². The number of hydrogen-bond acceptors (Lipinski definition) is 8. The topological polar surface area (TPSA) is 94.0 Å². The van der Waals surface area contributed by atoms with Crippen LogP contribution in [0.4, 0.5) is 0 Å². The SMILES string of the molecule is CC(=O)Oc1ccc(CN2CC(C(=O)N3CCc4nc(SC5CCCCC5)n(C[C@H]5CCCO5)c(=O)c4C3)C2)cc1C. The summed E-state index contributed by atoms with van der Waals surface area (Å²) in [5, 5.41) is 1.35. The van der Waals surface area contributed by atoms with Gasteiger partial charge in [-0.15, -0.1) is 0 Å². The van der Waals surface area contributed by atoms with E-state index in [0.717, 1.165) is 48.0 Å². The summed E-state index contributed by atoms with van der Waals surface area (Å²) in [4.78, 5) is 47.9. The summed E-state index contributed by atoms with van der Waals surface area (Å²) in [6.07, 6.45) is 8.82. The van der Waals surface area contributed by atoms with Crippen molar-refractivity contribution in [2.45, 2.75) is 101 Å². The molecule has 2 aromatic rings. The summed E-state index contributed by atoms with van der Waals surface area (Å²) in [5.74, 6) is 0.323. The third-order valence-corrected chi connectivity index (χ3v) is 10.4. The summed E-state index contributed by atoms with van der Waals surface area (Å²) in [6, 6.07) is 5.83. The molecule has 0 bridgehead atoms. The Labute approximate surface area is 251 Å². The van der Waals surface area contributed by atoms with E-state index in [-0.39, 0.29) is 29.5 Å². The van der Waals surface area contributed by atoms with Crippen LogP contribution >= 0.6 is 11.8 Å². The highest BCUT2D eigenvalue weighted by atomic mass is 32.2. The van der Waals surface area contributed by atoms with Crippen molar-refractivity contribution in [3.63, 3.8) is 0 Å². The van der Waals surface area contributed by atoms with Crippen molar-refractivity contribution in [1.29, 1.82) is 0 Å². The molecule has 42 heavy (non-hydrogen) atoms. The predicted octanol–water partition coefficient (Wildman–Crippen LogP) is 4.10. The predicted molar refractivity (Wildman–Crippen MR) is 161 cm³/mol. The highest BCUT2D eigenvalue weighted by molar-refractivity contribution is 7.99. The smallest absolute Gasteiger partial charge is 0.308 e. The molecule has 1 atom stereocenters. The molecule has 3 fully saturated rings. The van der Waals surface area contributed by atoms with E-state index in [1.807, 2.05) is 34.6 Å². The van der Waals surface area contributed by atoms with E-state index in [9.17, 15) is 14.4 Å². The lowest BCUT2D eigenvalue weighted by Gasteiger charge is -2.41. The van der Waals surface area contributed by atoms with Crippen LogP contribution in [0, 0.1) is 12.8 Å². The Morgan fingerprint density at radius 1 is 1.12 bits per heavy atom. The number of thioether (sulfide) groups is 1. The van der Waals surface area contributed by atoms with E-state index in [2.05, 4.69) is 4.90 Å². The van der Waals surface area contributed by atoms with Gasteiger partial charge in [-0.3, -0.25) is 23.9 Å². The molecule has 2 saturated heterocycles. The number of aryl methyl sites for hydroxylation is 1. The lowest BCUT2D eigenvalue weighted by Crippen LogP contribution is -2.55. The van der Waals surface area contributed by atoms with Crippen molar-refractivity contribution < 1.29 is 19.1 Å². The number of ether oxygens (including phenoxy) is 2. The average molecular weight is 595 g/mol. The van der Waals surface area contributed by atoms with Crippen LogP contribution in [-0.4, -0.2) is 68.8 Å². The van der Waals surface area contributed by atoms with Crippen LogP contribution in [0.3, 0.4) is 0 Å². The fourth-order valence-electron chi connectivity index (χ4n) is 6.71. The quantitative estimate of drug-likeness (QED) is 0.256. The van der Waals surface area contributed by atoms with Gasteiger partial charge in [-0.1, -0.05) is 43.2 Å². The molecule has 0 spiro atoms. The van der Waals surface area contributed by atoms with Gasteiger partial charge in [0, 0.05) is 51.4 Å². The molecule has 4 aliphatic rings. The van der Waals surface area contributed by atoms with Crippen molar-refractivity contribution >= 4 is 23.6 Å². The number of carbonyl (C=O) groups is 2. The molecule has 1 aliphatic carbocycles. The Bertz CT molecular complexity index is 1380. The molecule has 1 aromatic carbocycles. The minimum atomic E-state index is -0.327. The third-order valence-electron chi connectivity index (χ3n) is 9.03. The third kappa shape index (κ3) is 6.60. The van der Waals surface area contributed by atoms with Crippen LogP contribution in [-0.2, 0) is 40.4 Å². The standard InChI is InChI=1S/C32H42N4O5S/c1-21-15-23(10-11-29(21)41-22(2)37)16-34-17-24(18-34)30(38)35-13-12-28-27(20-35)31(39)36(19-25-7-6-14-40-25)32(33-28)42-26-8-4-3-5-9-26/h10-11,15,24-26H,3-9,12-14,16-20H2,1-2H3/t25-/m1/s1. The van der Waals surface area contributed by atoms with Crippen LogP contribution in [0.1, 0.15) is 74.3 Å². The molecule has 9 nitrogen and oxygen atoms in total. The fourth-order valence-corrected chi connectivity index (χ4v) is 8.02. The zero-order chi connectivity index (χ0) is 29.2. The molecule has 0 radical (unpaired) electrons. The van der Waals surface area contributed by atoms with Gasteiger partial charge < -0.3 is 14.4 Å². The molecule has 1 saturated carbocycles. The molecular weight excluding hydrogens is 552 g/mol. The van der Waals surface area contributed by atoms with Gasteiger partial charge in [-0.05, 0) is 49.8 Å². The maximum atomic E-state index is 13.9. The second kappa shape index (κ2) is 12.9.